The number of halogens is 2. The first kappa shape index (κ1) is 25.1. The van der Waals surface area contributed by atoms with Crippen molar-refractivity contribution in [3.8, 4) is 0 Å². The molecule has 1 atom stereocenters. The number of aryl methyl sites for hydroxylation is 1. The number of carboxylic acids is 1. The Morgan fingerprint density at radius 2 is 1.81 bits per heavy atom. The van der Waals surface area contributed by atoms with Gasteiger partial charge in [0.1, 0.15) is 11.9 Å². The number of nitrogens with zero attached hydrogens (tertiary/aromatic N) is 1. The van der Waals surface area contributed by atoms with Crippen molar-refractivity contribution in [2.24, 2.45) is 0 Å². The summed E-state index contributed by atoms with van der Waals surface area (Å²) in [7, 11) is -2.27. The molecule has 9 heteroatoms. The number of aliphatic carboxylic acids is 1. The maximum Gasteiger partial charge on any atom is 0.303 e. The molecule has 0 aromatic heterocycles. The van der Waals surface area contributed by atoms with Gasteiger partial charge in [-0.1, -0.05) is 24.6 Å². The molecule has 2 aromatic carbocycles. The van der Waals surface area contributed by atoms with E-state index in [1.54, 1.807) is 19.1 Å². The van der Waals surface area contributed by atoms with Gasteiger partial charge in [-0.15, -0.1) is 0 Å². The van der Waals surface area contributed by atoms with E-state index in [0.717, 1.165) is 31.4 Å². The minimum Gasteiger partial charge on any atom is -1.00 e. The summed E-state index contributed by atoms with van der Waals surface area (Å²) < 4.78 is 42.2. The van der Waals surface area contributed by atoms with Gasteiger partial charge in [0.25, 0.3) is 10.0 Å². The van der Waals surface area contributed by atoms with Crippen LogP contribution < -0.4 is 22.0 Å². The monoisotopic (exact) mass is 470 g/mol. The molecule has 1 aliphatic rings. The minimum absolute atomic E-state index is 0. The van der Waals surface area contributed by atoms with Crippen molar-refractivity contribution in [2.75, 3.05) is 17.9 Å². The molecule has 0 amide bonds. The number of anilines is 1. The third kappa shape index (κ3) is 5.37. The molecule has 1 heterocycles. The number of rotatable bonds is 8. The van der Waals surface area contributed by atoms with Crippen molar-refractivity contribution in [1.82, 2.24) is 0 Å². The third-order valence-corrected chi connectivity index (χ3v) is 7.45. The number of nitrogens with two attached hydrogens (primary N) is 1. The lowest BCUT2D eigenvalue weighted by Crippen LogP contribution is -3.00. The Bertz CT molecular complexity index is 1050. The molecule has 1 aliphatic heterocycles. The van der Waals surface area contributed by atoms with E-state index < -0.39 is 21.8 Å². The smallest absolute Gasteiger partial charge is 0.303 e. The fraction of sp³-hybridized carbons (Fsp3) is 0.409. The minimum atomic E-state index is -3.80. The van der Waals surface area contributed by atoms with Crippen LogP contribution in [0.3, 0.4) is 0 Å². The number of benzene rings is 2. The average Bonchev–Trinajstić information content (AvgIpc) is 2.76. The number of quaternary nitrogens is 1. The molecule has 0 saturated heterocycles. The van der Waals surface area contributed by atoms with Gasteiger partial charge in [0.15, 0.2) is 0 Å². The normalized spacial score (nSPS) is 16.6. The van der Waals surface area contributed by atoms with Crippen LogP contribution in [0.4, 0.5) is 10.1 Å². The molecule has 0 fully saturated rings. The van der Waals surface area contributed by atoms with Gasteiger partial charge in [-0.05, 0) is 49.9 Å². The summed E-state index contributed by atoms with van der Waals surface area (Å²) in [5.41, 5.74) is 2.18. The summed E-state index contributed by atoms with van der Waals surface area (Å²) in [6.07, 6.45) is 3.42. The van der Waals surface area contributed by atoms with Crippen LogP contribution in [-0.2, 0) is 14.8 Å². The molecule has 3 rings (SSSR count). The Hall–Kier alpha value is -2.16. The quantitative estimate of drug-likeness (QED) is 0.530. The SMILES string of the molecule is Cc1cc2c(cc1F)C([NH2+]CCCCCCC(=O)O)c1ccccc1N(C)S2(=O)=O.[Cl-]. The molecule has 0 saturated carbocycles. The lowest BCUT2D eigenvalue weighted by Gasteiger charge is -2.20. The zero-order chi connectivity index (χ0) is 21.9. The fourth-order valence-electron chi connectivity index (χ4n) is 3.93. The van der Waals surface area contributed by atoms with Crippen LogP contribution in [0.15, 0.2) is 41.3 Å². The van der Waals surface area contributed by atoms with Crippen LogP contribution in [0.5, 0.6) is 0 Å². The molecule has 170 valence electrons. The van der Waals surface area contributed by atoms with E-state index in [2.05, 4.69) is 5.32 Å². The van der Waals surface area contributed by atoms with Crippen LogP contribution in [0, 0.1) is 12.7 Å². The number of sulfonamides is 1. The number of fused-ring (bicyclic) bond motifs is 2. The van der Waals surface area contributed by atoms with Gasteiger partial charge in [0.2, 0.25) is 0 Å². The van der Waals surface area contributed by atoms with Gasteiger partial charge in [-0.25, -0.2) is 12.8 Å². The second-order valence-electron chi connectivity index (χ2n) is 7.73. The summed E-state index contributed by atoms with van der Waals surface area (Å²) in [5, 5.41) is 10.8. The summed E-state index contributed by atoms with van der Waals surface area (Å²) in [6, 6.07) is 9.76. The first-order valence-corrected chi connectivity index (χ1v) is 11.6. The summed E-state index contributed by atoms with van der Waals surface area (Å²) in [6.45, 7) is 2.30. The van der Waals surface area contributed by atoms with Crippen LogP contribution >= 0.6 is 0 Å². The predicted octanol–water partition coefficient (Wildman–Crippen LogP) is -0.0355. The summed E-state index contributed by atoms with van der Waals surface area (Å²) in [5.74, 6) is -1.20. The summed E-state index contributed by atoms with van der Waals surface area (Å²) in [4.78, 5) is 10.7. The molecule has 0 aliphatic carbocycles. The third-order valence-electron chi connectivity index (χ3n) is 5.62. The maximum absolute atomic E-state index is 14.5. The second-order valence-corrected chi connectivity index (χ2v) is 9.67. The lowest BCUT2D eigenvalue weighted by molar-refractivity contribution is -0.687. The number of unbranched alkanes of at least 4 members (excludes halogenated alkanes) is 3. The molecule has 0 spiro atoms. The van der Waals surface area contributed by atoms with Gasteiger partial charge in [-0.2, -0.15) is 0 Å². The number of carbonyl (C=O) groups is 1. The van der Waals surface area contributed by atoms with E-state index in [1.165, 1.54) is 23.5 Å². The molecule has 0 bridgehead atoms. The second kappa shape index (κ2) is 10.4. The zero-order valence-corrected chi connectivity index (χ0v) is 19.2. The molecule has 0 radical (unpaired) electrons. The topological polar surface area (TPSA) is 91.3 Å². The number of hydrogen-bond donors (Lipinski definition) is 2. The van der Waals surface area contributed by atoms with Crippen LogP contribution in [0.2, 0.25) is 0 Å². The first-order chi connectivity index (χ1) is 14.2. The van der Waals surface area contributed by atoms with Crippen molar-refractivity contribution in [2.45, 2.75) is 50.0 Å². The van der Waals surface area contributed by atoms with E-state index in [0.29, 0.717) is 23.2 Å². The Morgan fingerprint density at radius 3 is 2.52 bits per heavy atom. The highest BCUT2D eigenvalue weighted by Gasteiger charge is 2.37. The number of para-hydroxylation sites is 1. The Morgan fingerprint density at radius 1 is 1.13 bits per heavy atom. The molecule has 6 nitrogen and oxygen atoms in total. The number of hydrogen-bond acceptors (Lipinski definition) is 3. The first-order valence-electron chi connectivity index (χ1n) is 10.2. The molecule has 3 N–H and O–H groups in total. The molecular weight excluding hydrogens is 443 g/mol. The highest BCUT2D eigenvalue weighted by Crippen LogP contribution is 2.39. The standard InChI is InChI=1S/C22H27FN2O4S.ClH/c1-15-13-20-17(14-18(15)23)22(24-12-8-4-3-5-11-21(26)27)16-9-6-7-10-19(16)25(2)30(20,28)29;/h6-7,9-10,13-14,22,24H,3-5,8,11-12H2,1-2H3,(H,26,27);1H. The van der Waals surface area contributed by atoms with Crippen molar-refractivity contribution >= 4 is 21.7 Å². The predicted molar refractivity (Wildman–Crippen MR) is 113 cm³/mol. The highest BCUT2D eigenvalue weighted by molar-refractivity contribution is 7.92. The summed E-state index contributed by atoms with van der Waals surface area (Å²) >= 11 is 0. The van der Waals surface area contributed by atoms with E-state index in [1.807, 2.05) is 12.1 Å². The highest BCUT2D eigenvalue weighted by atomic mass is 35.5. The molecule has 1 unspecified atom stereocenters. The van der Waals surface area contributed by atoms with Crippen molar-refractivity contribution in [3.63, 3.8) is 0 Å². The number of carboxylic acid groups (broad SMARTS) is 1. The zero-order valence-electron chi connectivity index (χ0n) is 17.6. The van der Waals surface area contributed by atoms with Gasteiger partial charge >= 0.3 is 5.97 Å². The largest absolute Gasteiger partial charge is 1.00 e. The van der Waals surface area contributed by atoms with E-state index in [-0.39, 0.29) is 29.8 Å². The van der Waals surface area contributed by atoms with E-state index in [4.69, 9.17) is 5.11 Å². The van der Waals surface area contributed by atoms with E-state index >= 15 is 0 Å². The van der Waals surface area contributed by atoms with Crippen molar-refractivity contribution in [3.05, 3.63) is 58.9 Å². The van der Waals surface area contributed by atoms with Gasteiger partial charge in [0.05, 0.1) is 17.1 Å². The van der Waals surface area contributed by atoms with Gasteiger partial charge in [-0.3, -0.25) is 9.10 Å². The van der Waals surface area contributed by atoms with Crippen LogP contribution in [0.1, 0.15) is 54.8 Å². The van der Waals surface area contributed by atoms with Crippen LogP contribution in [0.25, 0.3) is 0 Å². The van der Waals surface area contributed by atoms with Crippen molar-refractivity contribution < 1.29 is 40.4 Å². The van der Waals surface area contributed by atoms with Crippen molar-refractivity contribution in [1.29, 1.82) is 0 Å². The van der Waals surface area contributed by atoms with E-state index in [9.17, 15) is 17.6 Å². The molecular formula is C22H28ClFN2O4S. The maximum atomic E-state index is 14.5. The van der Waals surface area contributed by atoms with Gasteiger partial charge in [0, 0.05) is 24.6 Å². The Balaban J connectivity index is 0.00000341. The van der Waals surface area contributed by atoms with Gasteiger partial charge < -0.3 is 22.8 Å². The Labute approximate surface area is 188 Å². The average molecular weight is 471 g/mol. The molecule has 2 aromatic rings. The lowest BCUT2D eigenvalue weighted by atomic mass is 9.95. The molecule has 31 heavy (non-hydrogen) atoms. The van der Waals surface area contributed by atoms with Crippen LogP contribution in [-0.4, -0.2) is 33.1 Å². The fourth-order valence-corrected chi connectivity index (χ4v) is 5.46. The Kier molecular flexibility index (Phi) is 8.45.